The summed E-state index contributed by atoms with van der Waals surface area (Å²) in [5.41, 5.74) is 1.46. The van der Waals surface area contributed by atoms with Crippen LogP contribution < -0.4 is 0 Å². The minimum absolute atomic E-state index is 0.882. The number of nitrogens with zero attached hydrogens (tertiary/aromatic N) is 1. The highest BCUT2D eigenvalue weighted by Crippen LogP contribution is 2.37. The molecule has 0 spiro atoms. The summed E-state index contributed by atoms with van der Waals surface area (Å²) in [5, 5.41) is 0. The summed E-state index contributed by atoms with van der Waals surface area (Å²) in [6, 6.07) is 9.70. The molecule has 1 aromatic rings. The lowest BCUT2D eigenvalue weighted by Crippen LogP contribution is -2.41. The van der Waals surface area contributed by atoms with Crippen molar-refractivity contribution < 1.29 is 0 Å². The van der Waals surface area contributed by atoms with E-state index in [1.54, 1.807) is 0 Å². The van der Waals surface area contributed by atoms with Crippen LogP contribution in [0, 0.1) is 5.92 Å². The van der Waals surface area contributed by atoms with Crippen LogP contribution in [0.5, 0.6) is 0 Å². The molecule has 2 aliphatic rings. The second-order valence-corrected chi connectivity index (χ2v) is 6.41. The topological polar surface area (TPSA) is 3.24 Å². The van der Waals surface area contributed by atoms with Crippen LogP contribution in [-0.2, 0) is 6.54 Å². The highest BCUT2D eigenvalue weighted by molar-refractivity contribution is 9.10. The second kappa shape index (κ2) is 5.11. The summed E-state index contributed by atoms with van der Waals surface area (Å²) in [6.07, 6.45) is 7.23. The monoisotopic (exact) mass is 293 g/mol. The summed E-state index contributed by atoms with van der Waals surface area (Å²) in [7, 11) is 0. The van der Waals surface area contributed by atoms with E-state index >= 15 is 0 Å². The van der Waals surface area contributed by atoms with Gasteiger partial charge in [0, 0.05) is 17.1 Å². The fourth-order valence-electron chi connectivity index (χ4n) is 3.58. The third-order valence-corrected chi connectivity index (χ3v) is 4.94. The average molecular weight is 294 g/mol. The number of rotatable bonds is 2. The van der Waals surface area contributed by atoms with Crippen LogP contribution >= 0.6 is 15.9 Å². The molecular formula is C15H20BrN. The van der Waals surface area contributed by atoms with Gasteiger partial charge in [0.05, 0.1) is 0 Å². The molecule has 17 heavy (non-hydrogen) atoms. The average Bonchev–Trinajstić information content (AvgIpc) is 2.81. The van der Waals surface area contributed by atoms with Crippen molar-refractivity contribution in [2.45, 2.75) is 44.7 Å². The smallest absolute Gasteiger partial charge is 0.0236 e. The van der Waals surface area contributed by atoms with E-state index < -0.39 is 0 Å². The maximum atomic E-state index is 3.50. The Kier molecular flexibility index (Phi) is 3.53. The number of benzene rings is 1. The minimum atomic E-state index is 0.882. The van der Waals surface area contributed by atoms with E-state index in [1.807, 2.05) is 0 Å². The van der Waals surface area contributed by atoms with Crippen molar-refractivity contribution in [1.82, 2.24) is 4.90 Å². The number of halogens is 1. The van der Waals surface area contributed by atoms with Gasteiger partial charge < -0.3 is 0 Å². The Morgan fingerprint density at radius 1 is 1.06 bits per heavy atom. The van der Waals surface area contributed by atoms with E-state index in [0.717, 1.165) is 18.5 Å². The highest BCUT2D eigenvalue weighted by Gasteiger charge is 2.34. The molecule has 2 fully saturated rings. The molecule has 0 radical (unpaired) electrons. The van der Waals surface area contributed by atoms with Gasteiger partial charge >= 0.3 is 0 Å². The Morgan fingerprint density at radius 2 is 1.82 bits per heavy atom. The molecule has 1 aliphatic heterocycles. The van der Waals surface area contributed by atoms with Crippen molar-refractivity contribution in [3.63, 3.8) is 0 Å². The first kappa shape index (κ1) is 11.7. The van der Waals surface area contributed by atoms with Crippen LogP contribution in [0.1, 0.15) is 37.7 Å². The molecule has 92 valence electrons. The van der Waals surface area contributed by atoms with Crippen molar-refractivity contribution in [1.29, 1.82) is 0 Å². The van der Waals surface area contributed by atoms with Crippen molar-refractivity contribution in [3.05, 3.63) is 34.3 Å². The Morgan fingerprint density at radius 3 is 2.65 bits per heavy atom. The fraction of sp³-hybridized carbons (Fsp3) is 0.600. The van der Waals surface area contributed by atoms with Gasteiger partial charge in [-0.1, -0.05) is 34.5 Å². The van der Waals surface area contributed by atoms with Crippen LogP contribution in [0.4, 0.5) is 0 Å². The molecule has 1 aromatic carbocycles. The molecule has 0 N–H and O–H groups in total. The first-order valence-electron chi connectivity index (χ1n) is 6.81. The first-order valence-corrected chi connectivity index (χ1v) is 7.61. The lowest BCUT2D eigenvalue weighted by Gasteiger charge is -2.37. The molecule has 1 saturated heterocycles. The highest BCUT2D eigenvalue weighted by atomic mass is 79.9. The quantitative estimate of drug-likeness (QED) is 0.789. The van der Waals surface area contributed by atoms with Gasteiger partial charge in [0.15, 0.2) is 0 Å². The van der Waals surface area contributed by atoms with Crippen molar-refractivity contribution in [2.75, 3.05) is 6.54 Å². The van der Waals surface area contributed by atoms with E-state index in [9.17, 15) is 0 Å². The fourth-order valence-corrected chi connectivity index (χ4v) is 3.84. The maximum absolute atomic E-state index is 3.50. The van der Waals surface area contributed by atoms with Gasteiger partial charge in [-0.25, -0.2) is 0 Å². The summed E-state index contributed by atoms with van der Waals surface area (Å²) >= 11 is 3.50. The zero-order valence-electron chi connectivity index (χ0n) is 10.2. The third-order valence-electron chi connectivity index (χ3n) is 4.41. The molecule has 0 aromatic heterocycles. The normalized spacial score (nSPS) is 29.2. The maximum Gasteiger partial charge on any atom is 0.0236 e. The predicted molar refractivity (Wildman–Crippen MR) is 74.9 cm³/mol. The van der Waals surface area contributed by atoms with Gasteiger partial charge in [0.1, 0.15) is 0 Å². The molecular weight excluding hydrogens is 274 g/mol. The van der Waals surface area contributed by atoms with E-state index in [0.29, 0.717) is 0 Å². The zero-order chi connectivity index (χ0) is 11.7. The standard InChI is InChI=1S/C15H20BrN/c16-14-8-6-12(7-9-14)11-17-10-2-4-13-3-1-5-15(13)17/h6-9,13,15H,1-5,10-11H2. The summed E-state index contributed by atoms with van der Waals surface area (Å²) in [4.78, 5) is 2.73. The zero-order valence-corrected chi connectivity index (χ0v) is 11.8. The lowest BCUT2D eigenvalue weighted by molar-refractivity contribution is 0.106. The summed E-state index contributed by atoms with van der Waals surface area (Å²) in [6.45, 7) is 2.45. The first-order chi connectivity index (χ1) is 8.33. The van der Waals surface area contributed by atoms with E-state index in [-0.39, 0.29) is 0 Å². The molecule has 2 unspecified atom stereocenters. The van der Waals surface area contributed by atoms with E-state index in [4.69, 9.17) is 0 Å². The molecule has 1 saturated carbocycles. The molecule has 1 aliphatic carbocycles. The van der Waals surface area contributed by atoms with Crippen LogP contribution in [0.25, 0.3) is 0 Å². The number of hydrogen-bond acceptors (Lipinski definition) is 1. The third kappa shape index (κ3) is 2.58. The van der Waals surface area contributed by atoms with Crippen molar-refractivity contribution >= 4 is 15.9 Å². The van der Waals surface area contributed by atoms with Gasteiger partial charge in [-0.05, 0) is 55.8 Å². The van der Waals surface area contributed by atoms with Crippen LogP contribution in [-0.4, -0.2) is 17.5 Å². The molecule has 0 bridgehead atoms. The van der Waals surface area contributed by atoms with Gasteiger partial charge in [0.2, 0.25) is 0 Å². The SMILES string of the molecule is Brc1ccc(CN2CCCC3CCCC32)cc1. The molecule has 3 rings (SSSR count). The largest absolute Gasteiger partial charge is 0.296 e. The second-order valence-electron chi connectivity index (χ2n) is 5.50. The van der Waals surface area contributed by atoms with Gasteiger partial charge in [-0.3, -0.25) is 4.90 Å². The van der Waals surface area contributed by atoms with Crippen molar-refractivity contribution in [3.8, 4) is 0 Å². The Bertz CT molecular complexity index is 373. The Balaban J connectivity index is 1.69. The Hall–Kier alpha value is -0.340. The lowest BCUT2D eigenvalue weighted by atomic mass is 9.91. The molecule has 0 amide bonds. The number of fused-ring (bicyclic) bond motifs is 1. The number of likely N-dealkylation sites (tertiary alicyclic amines) is 1. The number of piperidine rings is 1. The van der Waals surface area contributed by atoms with Gasteiger partial charge in [-0.2, -0.15) is 0 Å². The Labute approximate surface area is 112 Å². The predicted octanol–water partition coefficient (Wildman–Crippen LogP) is 4.21. The molecule has 2 heteroatoms. The molecule has 2 atom stereocenters. The number of hydrogen-bond donors (Lipinski definition) is 0. The summed E-state index contributed by atoms with van der Waals surface area (Å²) in [5.74, 6) is 0.999. The summed E-state index contributed by atoms with van der Waals surface area (Å²) < 4.78 is 1.18. The molecule has 1 nitrogen and oxygen atoms in total. The van der Waals surface area contributed by atoms with Crippen molar-refractivity contribution in [2.24, 2.45) is 5.92 Å². The van der Waals surface area contributed by atoms with Gasteiger partial charge in [0.25, 0.3) is 0 Å². The van der Waals surface area contributed by atoms with E-state index in [2.05, 4.69) is 45.1 Å². The molecule has 1 heterocycles. The van der Waals surface area contributed by atoms with Gasteiger partial charge in [-0.15, -0.1) is 0 Å². The van der Waals surface area contributed by atoms with Crippen LogP contribution in [0.3, 0.4) is 0 Å². The minimum Gasteiger partial charge on any atom is -0.296 e. The van der Waals surface area contributed by atoms with Crippen LogP contribution in [0.15, 0.2) is 28.7 Å². The van der Waals surface area contributed by atoms with E-state index in [1.165, 1.54) is 48.7 Å². The van der Waals surface area contributed by atoms with Crippen LogP contribution in [0.2, 0.25) is 0 Å².